The molecule has 1 heterocycles. The highest BCUT2D eigenvalue weighted by atomic mass is 32.2. The smallest absolute Gasteiger partial charge is 0.196 e. The van der Waals surface area contributed by atoms with E-state index in [9.17, 15) is 0 Å². The maximum Gasteiger partial charge on any atom is 0.196 e. The van der Waals surface area contributed by atoms with Gasteiger partial charge >= 0.3 is 0 Å². The second-order valence-electron chi connectivity index (χ2n) is 6.92. The number of thioether (sulfide) groups is 1. The zero-order valence-corrected chi connectivity index (χ0v) is 18.0. The van der Waals surface area contributed by atoms with Gasteiger partial charge in [0.2, 0.25) is 0 Å². The molecule has 0 saturated carbocycles. The average Bonchev–Trinajstić information content (AvgIpc) is 3.21. The largest absolute Gasteiger partial charge is 0.494 e. The summed E-state index contributed by atoms with van der Waals surface area (Å²) in [6, 6.07) is 28.1. The first kappa shape index (κ1) is 20.7. The van der Waals surface area contributed by atoms with Gasteiger partial charge < -0.3 is 4.74 Å². The van der Waals surface area contributed by atoms with E-state index in [0.717, 1.165) is 28.0 Å². The Kier molecular flexibility index (Phi) is 6.65. The molecule has 4 rings (SSSR count). The number of ether oxygens (including phenoxy) is 1. The highest BCUT2D eigenvalue weighted by Crippen LogP contribution is 2.27. The van der Waals surface area contributed by atoms with Crippen LogP contribution in [0.1, 0.15) is 29.4 Å². The van der Waals surface area contributed by atoms with E-state index in [2.05, 4.69) is 33.0 Å². The van der Waals surface area contributed by atoms with Crippen molar-refractivity contribution in [1.29, 1.82) is 5.26 Å². The lowest BCUT2D eigenvalue weighted by atomic mass is 10.1. The Morgan fingerprint density at radius 1 is 0.935 bits per heavy atom. The molecule has 0 atom stereocenters. The Bertz CT molecular complexity index is 1180. The van der Waals surface area contributed by atoms with Gasteiger partial charge in [-0.1, -0.05) is 54.2 Å². The summed E-state index contributed by atoms with van der Waals surface area (Å²) in [4.78, 5) is 0. The van der Waals surface area contributed by atoms with Crippen LogP contribution in [0.25, 0.3) is 5.69 Å². The molecule has 31 heavy (non-hydrogen) atoms. The highest BCUT2D eigenvalue weighted by Gasteiger charge is 2.15. The van der Waals surface area contributed by atoms with E-state index in [4.69, 9.17) is 10.00 Å². The summed E-state index contributed by atoms with van der Waals surface area (Å²) in [6.45, 7) is 2.61. The molecule has 6 heteroatoms. The monoisotopic (exact) mass is 426 g/mol. The fourth-order valence-electron chi connectivity index (χ4n) is 3.28. The maximum atomic E-state index is 9.15. The van der Waals surface area contributed by atoms with Crippen molar-refractivity contribution in [1.82, 2.24) is 14.8 Å². The van der Waals surface area contributed by atoms with Crippen LogP contribution in [0.3, 0.4) is 0 Å². The Balaban J connectivity index is 1.64. The molecule has 3 aromatic carbocycles. The SMILES string of the molecule is CCOc1ccc(-n2c(Cc3ccccc3)nnc2SCc2cccc(C#N)c2)cc1. The first-order valence-electron chi connectivity index (χ1n) is 10.1. The maximum absolute atomic E-state index is 9.15. The predicted octanol–water partition coefficient (Wildman–Crippen LogP) is 5.42. The van der Waals surface area contributed by atoms with E-state index in [-0.39, 0.29) is 0 Å². The molecule has 0 amide bonds. The van der Waals surface area contributed by atoms with Crippen molar-refractivity contribution in [3.63, 3.8) is 0 Å². The van der Waals surface area contributed by atoms with Crippen molar-refractivity contribution < 1.29 is 4.74 Å². The minimum Gasteiger partial charge on any atom is -0.494 e. The molecule has 0 aliphatic heterocycles. The zero-order chi connectivity index (χ0) is 21.5. The van der Waals surface area contributed by atoms with Gasteiger partial charge in [0.15, 0.2) is 5.16 Å². The van der Waals surface area contributed by atoms with E-state index in [0.29, 0.717) is 24.3 Å². The quantitative estimate of drug-likeness (QED) is 0.352. The van der Waals surface area contributed by atoms with Gasteiger partial charge in [0.25, 0.3) is 0 Å². The lowest BCUT2D eigenvalue weighted by Crippen LogP contribution is -2.04. The first-order chi connectivity index (χ1) is 15.3. The minimum atomic E-state index is 0.633. The molecule has 0 aliphatic rings. The third-order valence-electron chi connectivity index (χ3n) is 4.74. The molecular weight excluding hydrogens is 404 g/mol. The molecule has 0 saturated heterocycles. The molecule has 5 nitrogen and oxygen atoms in total. The van der Waals surface area contributed by atoms with Gasteiger partial charge in [-0.25, -0.2) is 0 Å². The van der Waals surface area contributed by atoms with Crippen molar-refractivity contribution >= 4 is 11.8 Å². The van der Waals surface area contributed by atoms with Gasteiger partial charge in [-0.3, -0.25) is 4.57 Å². The second-order valence-corrected chi connectivity index (χ2v) is 7.87. The topological polar surface area (TPSA) is 63.7 Å². The summed E-state index contributed by atoms with van der Waals surface area (Å²) in [5.41, 5.74) is 3.92. The van der Waals surface area contributed by atoms with Crippen molar-refractivity contribution in [2.45, 2.75) is 24.3 Å². The number of hydrogen-bond acceptors (Lipinski definition) is 5. The highest BCUT2D eigenvalue weighted by molar-refractivity contribution is 7.98. The van der Waals surface area contributed by atoms with E-state index in [1.165, 1.54) is 5.56 Å². The van der Waals surface area contributed by atoms with Crippen LogP contribution in [0.5, 0.6) is 5.75 Å². The Morgan fingerprint density at radius 3 is 2.45 bits per heavy atom. The van der Waals surface area contributed by atoms with Gasteiger partial charge in [0.05, 0.1) is 18.2 Å². The Hall–Kier alpha value is -3.56. The Morgan fingerprint density at radius 2 is 1.71 bits per heavy atom. The molecular formula is C25H22N4OS. The van der Waals surface area contributed by atoms with E-state index in [1.807, 2.05) is 73.7 Å². The molecule has 1 aromatic heterocycles. The fraction of sp³-hybridized carbons (Fsp3) is 0.160. The number of nitriles is 1. The van der Waals surface area contributed by atoms with Crippen LogP contribution in [0.2, 0.25) is 0 Å². The summed E-state index contributed by atoms with van der Waals surface area (Å²) in [7, 11) is 0. The van der Waals surface area contributed by atoms with Crippen molar-refractivity contribution in [2.75, 3.05) is 6.61 Å². The molecule has 0 N–H and O–H groups in total. The van der Waals surface area contributed by atoms with Crippen LogP contribution in [0.4, 0.5) is 0 Å². The molecule has 4 aromatic rings. The van der Waals surface area contributed by atoms with Crippen molar-refractivity contribution in [2.24, 2.45) is 0 Å². The summed E-state index contributed by atoms with van der Waals surface area (Å²) < 4.78 is 7.69. The Labute approximate surface area is 186 Å². The van der Waals surface area contributed by atoms with Crippen LogP contribution in [-0.2, 0) is 12.2 Å². The molecule has 0 unspecified atom stereocenters. The van der Waals surface area contributed by atoms with E-state index in [1.54, 1.807) is 11.8 Å². The fourth-order valence-corrected chi connectivity index (χ4v) is 4.20. The molecule has 0 bridgehead atoms. The van der Waals surface area contributed by atoms with Gasteiger partial charge in [-0.15, -0.1) is 10.2 Å². The first-order valence-corrected chi connectivity index (χ1v) is 11.1. The minimum absolute atomic E-state index is 0.633. The number of nitrogens with zero attached hydrogens (tertiary/aromatic N) is 4. The standard InChI is InChI=1S/C25H22N4OS/c1-2-30-23-13-11-22(12-14-23)29-24(16-19-7-4-3-5-8-19)27-28-25(29)31-18-21-10-6-9-20(15-21)17-26/h3-15H,2,16,18H2,1H3. The molecule has 154 valence electrons. The van der Waals surface area contributed by atoms with Gasteiger partial charge in [0.1, 0.15) is 11.6 Å². The summed E-state index contributed by atoms with van der Waals surface area (Å²) in [5, 5.41) is 19.0. The van der Waals surface area contributed by atoms with Gasteiger partial charge in [-0.2, -0.15) is 5.26 Å². The van der Waals surface area contributed by atoms with Crippen LogP contribution in [0.15, 0.2) is 84.0 Å². The molecule has 0 spiro atoms. The number of hydrogen-bond donors (Lipinski definition) is 0. The third-order valence-corrected chi connectivity index (χ3v) is 5.74. The lowest BCUT2D eigenvalue weighted by molar-refractivity contribution is 0.340. The van der Waals surface area contributed by atoms with Crippen LogP contribution < -0.4 is 4.74 Å². The van der Waals surface area contributed by atoms with Crippen LogP contribution >= 0.6 is 11.8 Å². The lowest BCUT2D eigenvalue weighted by Gasteiger charge is -2.12. The van der Waals surface area contributed by atoms with E-state index >= 15 is 0 Å². The average molecular weight is 427 g/mol. The van der Waals surface area contributed by atoms with Crippen LogP contribution in [0, 0.1) is 11.3 Å². The number of aromatic nitrogens is 3. The predicted molar refractivity (Wildman–Crippen MR) is 122 cm³/mol. The molecule has 0 fully saturated rings. The molecule has 0 aliphatic carbocycles. The van der Waals surface area contributed by atoms with Crippen molar-refractivity contribution in [3.05, 3.63) is 101 Å². The van der Waals surface area contributed by atoms with Gasteiger partial charge in [0, 0.05) is 17.9 Å². The number of benzene rings is 3. The third kappa shape index (κ3) is 5.14. The van der Waals surface area contributed by atoms with E-state index < -0.39 is 0 Å². The molecule has 0 radical (unpaired) electrons. The van der Waals surface area contributed by atoms with Crippen LogP contribution in [-0.4, -0.2) is 21.4 Å². The summed E-state index contributed by atoms with van der Waals surface area (Å²) >= 11 is 1.61. The zero-order valence-electron chi connectivity index (χ0n) is 17.2. The summed E-state index contributed by atoms with van der Waals surface area (Å²) in [6.07, 6.45) is 0.686. The normalized spacial score (nSPS) is 10.6. The second kappa shape index (κ2) is 9.96. The van der Waals surface area contributed by atoms with Crippen molar-refractivity contribution in [3.8, 4) is 17.5 Å². The van der Waals surface area contributed by atoms with Gasteiger partial charge in [-0.05, 0) is 54.4 Å². The number of rotatable bonds is 8. The summed E-state index contributed by atoms with van der Waals surface area (Å²) in [5.74, 6) is 2.42.